The molecule has 1 heterocycles. The quantitative estimate of drug-likeness (QED) is 0.943. The molecule has 0 spiro atoms. The van der Waals surface area contributed by atoms with Gasteiger partial charge in [-0.05, 0) is 48.6 Å². The molecule has 106 valence electrons. The first-order chi connectivity index (χ1) is 9.47. The molecule has 1 aliphatic carbocycles. The molecular formula is C14H14FNO2S2. The maximum atomic E-state index is 13.2. The summed E-state index contributed by atoms with van der Waals surface area (Å²) in [5, 5.41) is 1.99. The van der Waals surface area contributed by atoms with Crippen LogP contribution in [0.4, 0.5) is 4.39 Å². The van der Waals surface area contributed by atoms with Crippen molar-refractivity contribution in [2.75, 3.05) is 0 Å². The predicted molar refractivity (Wildman–Crippen MR) is 76.9 cm³/mol. The van der Waals surface area contributed by atoms with Crippen LogP contribution in [0.15, 0.2) is 40.6 Å². The Labute approximate surface area is 121 Å². The van der Waals surface area contributed by atoms with Crippen LogP contribution in [0.25, 0.3) is 0 Å². The lowest BCUT2D eigenvalue weighted by molar-refractivity contribution is 0.578. The molecule has 2 atom stereocenters. The van der Waals surface area contributed by atoms with Gasteiger partial charge < -0.3 is 0 Å². The van der Waals surface area contributed by atoms with Gasteiger partial charge in [0.25, 0.3) is 0 Å². The number of benzene rings is 1. The van der Waals surface area contributed by atoms with Crippen LogP contribution < -0.4 is 4.72 Å². The molecule has 1 aromatic heterocycles. The van der Waals surface area contributed by atoms with Crippen molar-refractivity contribution < 1.29 is 12.8 Å². The summed E-state index contributed by atoms with van der Waals surface area (Å²) < 4.78 is 40.3. The van der Waals surface area contributed by atoms with Crippen molar-refractivity contribution in [3.8, 4) is 0 Å². The normalized spacial score (nSPS) is 21.9. The number of sulfonamides is 1. The van der Waals surface area contributed by atoms with Crippen molar-refractivity contribution in [3.63, 3.8) is 0 Å². The van der Waals surface area contributed by atoms with Crippen molar-refractivity contribution in [3.05, 3.63) is 52.0 Å². The number of hydrogen-bond acceptors (Lipinski definition) is 3. The minimum atomic E-state index is -3.57. The fraction of sp³-hybridized carbons (Fsp3) is 0.286. The number of aryl methyl sites for hydroxylation is 1. The molecule has 0 amide bonds. The van der Waals surface area contributed by atoms with Crippen molar-refractivity contribution >= 4 is 21.4 Å². The van der Waals surface area contributed by atoms with Gasteiger partial charge in [0.15, 0.2) is 0 Å². The van der Waals surface area contributed by atoms with Gasteiger partial charge in [-0.15, -0.1) is 11.3 Å². The maximum Gasteiger partial charge on any atom is 0.240 e. The van der Waals surface area contributed by atoms with Crippen LogP contribution in [0.2, 0.25) is 0 Å². The summed E-state index contributed by atoms with van der Waals surface area (Å²) in [6.45, 7) is 1.56. The molecule has 20 heavy (non-hydrogen) atoms. The molecule has 0 aliphatic heterocycles. The van der Waals surface area contributed by atoms with Crippen molar-refractivity contribution in [1.29, 1.82) is 0 Å². The van der Waals surface area contributed by atoms with Gasteiger partial charge in [-0.2, -0.15) is 0 Å². The second-order valence-corrected chi connectivity index (χ2v) is 7.69. The highest BCUT2D eigenvalue weighted by Gasteiger charge is 2.41. The Morgan fingerprint density at radius 2 is 2.15 bits per heavy atom. The molecule has 0 bridgehead atoms. The minimum absolute atomic E-state index is 0.0518. The summed E-state index contributed by atoms with van der Waals surface area (Å²) in [6.07, 6.45) is 0.819. The van der Waals surface area contributed by atoms with Gasteiger partial charge in [0.1, 0.15) is 5.82 Å². The SMILES string of the molecule is Cc1cc(S(=O)(=O)NC2CC2c2cccs2)ccc1F. The van der Waals surface area contributed by atoms with E-state index in [0.29, 0.717) is 5.56 Å². The number of thiophene rings is 1. The summed E-state index contributed by atoms with van der Waals surface area (Å²) >= 11 is 1.64. The first-order valence-corrected chi connectivity index (χ1v) is 8.65. The van der Waals surface area contributed by atoms with Gasteiger partial charge in [0.2, 0.25) is 10.0 Å². The van der Waals surface area contributed by atoms with Gasteiger partial charge in [-0.1, -0.05) is 6.07 Å². The lowest BCUT2D eigenvalue weighted by Crippen LogP contribution is -2.26. The molecule has 3 rings (SSSR count). The number of rotatable bonds is 4. The largest absolute Gasteiger partial charge is 0.240 e. The average Bonchev–Trinajstić information content (AvgIpc) is 2.93. The highest BCUT2D eigenvalue weighted by Crippen LogP contribution is 2.43. The van der Waals surface area contributed by atoms with Crippen LogP contribution in [0.1, 0.15) is 22.8 Å². The first kappa shape index (κ1) is 13.7. The van der Waals surface area contributed by atoms with E-state index in [4.69, 9.17) is 0 Å². The van der Waals surface area contributed by atoms with Crippen molar-refractivity contribution in [2.45, 2.75) is 30.2 Å². The Morgan fingerprint density at radius 1 is 1.35 bits per heavy atom. The standard InChI is InChI=1S/C14H14FNO2S2/c1-9-7-10(4-5-12(9)15)20(17,18)16-13-8-11(13)14-3-2-6-19-14/h2-7,11,13,16H,8H2,1H3. The van der Waals surface area contributed by atoms with E-state index in [-0.39, 0.29) is 16.9 Å². The summed E-state index contributed by atoms with van der Waals surface area (Å²) in [7, 11) is -3.57. The molecule has 6 heteroatoms. The monoisotopic (exact) mass is 311 g/mol. The van der Waals surface area contributed by atoms with Crippen LogP contribution in [0.3, 0.4) is 0 Å². The first-order valence-electron chi connectivity index (χ1n) is 6.29. The van der Waals surface area contributed by atoms with E-state index < -0.39 is 15.8 Å². The van der Waals surface area contributed by atoms with Crippen LogP contribution in [0, 0.1) is 12.7 Å². The van der Waals surface area contributed by atoms with Gasteiger partial charge in [-0.3, -0.25) is 0 Å². The molecule has 0 saturated heterocycles. The van der Waals surface area contributed by atoms with Crippen LogP contribution >= 0.6 is 11.3 Å². The molecule has 3 nitrogen and oxygen atoms in total. The second-order valence-electron chi connectivity index (χ2n) is 5.00. The molecule has 1 saturated carbocycles. The third-order valence-corrected chi connectivity index (χ3v) is 5.94. The van der Waals surface area contributed by atoms with E-state index in [9.17, 15) is 12.8 Å². The topological polar surface area (TPSA) is 46.2 Å². The minimum Gasteiger partial charge on any atom is -0.207 e. The molecule has 1 aliphatic rings. The van der Waals surface area contributed by atoms with E-state index in [2.05, 4.69) is 4.72 Å². The highest BCUT2D eigenvalue weighted by atomic mass is 32.2. The lowest BCUT2D eigenvalue weighted by Gasteiger charge is -2.07. The molecule has 1 fully saturated rings. The third-order valence-electron chi connectivity index (χ3n) is 3.45. The van der Waals surface area contributed by atoms with Gasteiger partial charge >= 0.3 is 0 Å². The molecule has 2 aromatic rings. The van der Waals surface area contributed by atoms with Crippen molar-refractivity contribution in [1.82, 2.24) is 4.72 Å². The maximum absolute atomic E-state index is 13.2. The second kappa shape index (κ2) is 4.95. The van der Waals surface area contributed by atoms with E-state index in [1.165, 1.54) is 23.1 Å². The van der Waals surface area contributed by atoms with Gasteiger partial charge in [-0.25, -0.2) is 17.5 Å². The number of nitrogens with one attached hydrogen (secondary N) is 1. The van der Waals surface area contributed by atoms with Crippen LogP contribution in [-0.2, 0) is 10.0 Å². The number of halogens is 1. The fourth-order valence-electron chi connectivity index (χ4n) is 2.19. The lowest BCUT2D eigenvalue weighted by atomic mass is 10.2. The third kappa shape index (κ3) is 2.63. The molecule has 1 N–H and O–H groups in total. The van der Waals surface area contributed by atoms with E-state index >= 15 is 0 Å². The summed E-state index contributed by atoms with van der Waals surface area (Å²) in [6, 6.07) is 7.78. The molecule has 0 radical (unpaired) electrons. The Kier molecular flexibility index (Phi) is 3.40. The zero-order valence-corrected chi connectivity index (χ0v) is 12.5. The fourth-order valence-corrected chi connectivity index (χ4v) is 4.47. The Morgan fingerprint density at radius 3 is 2.80 bits per heavy atom. The Bertz CT molecular complexity index is 726. The van der Waals surface area contributed by atoms with E-state index in [0.717, 1.165) is 6.42 Å². The summed E-state index contributed by atoms with van der Waals surface area (Å²) in [5.41, 5.74) is 0.332. The molecular weight excluding hydrogens is 297 g/mol. The predicted octanol–water partition coefficient (Wildman–Crippen LogP) is 3.03. The van der Waals surface area contributed by atoms with Gasteiger partial charge in [0.05, 0.1) is 4.90 Å². The van der Waals surface area contributed by atoms with E-state index in [1.807, 2.05) is 17.5 Å². The van der Waals surface area contributed by atoms with Gasteiger partial charge in [0, 0.05) is 16.8 Å². The summed E-state index contributed by atoms with van der Waals surface area (Å²) in [4.78, 5) is 1.32. The van der Waals surface area contributed by atoms with Crippen molar-refractivity contribution in [2.24, 2.45) is 0 Å². The van der Waals surface area contributed by atoms with Crippen LogP contribution in [-0.4, -0.2) is 14.5 Å². The molecule has 1 aromatic carbocycles. The zero-order chi connectivity index (χ0) is 14.3. The smallest absolute Gasteiger partial charge is 0.207 e. The Hall–Kier alpha value is -1.24. The Balaban J connectivity index is 1.75. The van der Waals surface area contributed by atoms with Crippen LogP contribution in [0.5, 0.6) is 0 Å². The number of hydrogen-bond donors (Lipinski definition) is 1. The zero-order valence-electron chi connectivity index (χ0n) is 10.8. The highest BCUT2D eigenvalue weighted by molar-refractivity contribution is 7.89. The van der Waals surface area contributed by atoms with E-state index in [1.54, 1.807) is 18.3 Å². The summed E-state index contributed by atoms with van der Waals surface area (Å²) in [5.74, 6) is -0.127. The average molecular weight is 311 g/mol. The molecule has 2 unspecified atom stereocenters.